The molecule has 1 aromatic carbocycles. The topological polar surface area (TPSA) is 86.2 Å². The number of nitrogen functional groups attached to an aromatic ring is 1. The number of benzene rings is 1. The molecule has 16 heavy (non-hydrogen) atoms. The van der Waals surface area contributed by atoms with Crippen molar-refractivity contribution in [1.29, 1.82) is 0 Å². The summed E-state index contributed by atoms with van der Waals surface area (Å²) < 4.78 is 7.04. The van der Waals surface area contributed by atoms with Crippen LogP contribution in [0, 0.1) is 0 Å². The third-order valence-electron chi connectivity index (χ3n) is 2.21. The number of rotatable bonds is 3. The Hall–Kier alpha value is -2.24. The normalized spacial score (nSPS) is 10.3. The standard InChI is InChI=1S/C10H12N4O2/c1-14-9(12-6-13-14)5-16-8-4-2-3-7(15)10(8)11/h2-4,6,15H,5,11H2,1H3. The van der Waals surface area contributed by atoms with Crippen molar-refractivity contribution in [2.45, 2.75) is 6.61 Å². The molecule has 2 aromatic rings. The molecule has 2 rings (SSSR count). The van der Waals surface area contributed by atoms with Gasteiger partial charge in [-0.1, -0.05) is 6.07 Å². The van der Waals surface area contributed by atoms with Crippen molar-refractivity contribution in [1.82, 2.24) is 14.8 Å². The quantitative estimate of drug-likeness (QED) is 0.586. The molecular weight excluding hydrogens is 208 g/mol. The Morgan fingerprint density at radius 3 is 3.00 bits per heavy atom. The zero-order valence-electron chi connectivity index (χ0n) is 8.79. The number of nitrogens with zero attached hydrogens (tertiary/aromatic N) is 3. The van der Waals surface area contributed by atoms with E-state index in [2.05, 4.69) is 10.1 Å². The van der Waals surface area contributed by atoms with Crippen molar-refractivity contribution in [2.75, 3.05) is 5.73 Å². The van der Waals surface area contributed by atoms with E-state index in [0.717, 1.165) is 0 Å². The van der Waals surface area contributed by atoms with Crippen molar-refractivity contribution in [3.05, 3.63) is 30.4 Å². The van der Waals surface area contributed by atoms with E-state index in [1.807, 2.05) is 0 Å². The van der Waals surface area contributed by atoms with Gasteiger partial charge in [0.25, 0.3) is 0 Å². The molecule has 6 nitrogen and oxygen atoms in total. The molecule has 0 bridgehead atoms. The Kier molecular flexibility index (Phi) is 2.63. The van der Waals surface area contributed by atoms with E-state index < -0.39 is 0 Å². The van der Waals surface area contributed by atoms with Gasteiger partial charge in [0.05, 0.1) is 0 Å². The van der Waals surface area contributed by atoms with Gasteiger partial charge in [0.1, 0.15) is 30.1 Å². The lowest BCUT2D eigenvalue weighted by Gasteiger charge is -2.08. The number of ether oxygens (including phenoxy) is 1. The van der Waals surface area contributed by atoms with Gasteiger partial charge in [-0.25, -0.2) is 4.98 Å². The Balaban J connectivity index is 2.11. The highest BCUT2D eigenvalue weighted by Gasteiger charge is 2.06. The molecule has 0 aliphatic carbocycles. The van der Waals surface area contributed by atoms with Crippen LogP contribution in [0.4, 0.5) is 5.69 Å². The van der Waals surface area contributed by atoms with Gasteiger partial charge in [-0.05, 0) is 12.1 Å². The van der Waals surface area contributed by atoms with E-state index in [9.17, 15) is 5.11 Å². The first-order chi connectivity index (χ1) is 7.68. The summed E-state index contributed by atoms with van der Waals surface area (Å²) in [6.07, 6.45) is 1.45. The molecule has 0 aliphatic rings. The summed E-state index contributed by atoms with van der Waals surface area (Å²) in [4.78, 5) is 4.01. The maximum atomic E-state index is 9.37. The highest BCUT2D eigenvalue weighted by molar-refractivity contribution is 5.61. The fraction of sp³-hybridized carbons (Fsp3) is 0.200. The third kappa shape index (κ3) is 1.90. The number of aromatic hydroxyl groups is 1. The number of hydrogen-bond donors (Lipinski definition) is 2. The average Bonchev–Trinajstić information content (AvgIpc) is 2.67. The van der Waals surface area contributed by atoms with Crippen LogP contribution in [0.5, 0.6) is 11.5 Å². The van der Waals surface area contributed by atoms with E-state index in [1.165, 1.54) is 12.4 Å². The summed E-state index contributed by atoms with van der Waals surface area (Å²) in [6.45, 7) is 0.254. The maximum absolute atomic E-state index is 9.37. The Morgan fingerprint density at radius 1 is 1.50 bits per heavy atom. The predicted molar refractivity (Wildman–Crippen MR) is 57.9 cm³/mol. The maximum Gasteiger partial charge on any atom is 0.164 e. The Morgan fingerprint density at radius 2 is 2.31 bits per heavy atom. The van der Waals surface area contributed by atoms with Crippen LogP contribution >= 0.6 is 0 Å². The first-order valence-corrected chi connectivity index (χ1v) is 4.71. The van der Waals surface area contributed by atoms with Gasteiger partial charge in [-0.3, -0.25) is 4.68 Å². The zero-order valence-corrected chi connectivity index (χ0v) is 8.79. The van der Waals surface area contributed by atoms with Gasteiger partial charge in [-0.2, -0.15) is 5.10 Å². The Labute approximate surface area is 92.3 Å². The molecule has 1 heterocycles. The van der Waals surface area contributed by atoms with Gasteiger partial charge < -0.3 is 15.6 Å². The Bertz CT molecular complexity index is 495. The molecule has 0 amide bonds. The summed E-state index contributed by atoms with van der Waals surface area (Å²) in [5.74, 6) is 1.13. The van der Waals surface area contributed by atoms with Gasteiger partial charge >= 0.3 is 0 Å². The molecule has 6 heteroatoms. The van der Waals surface area contributed by atoms with E-state index in [1.54, 1.807) is 23.9 Å². The molecular formula is C10H12N4O2. The lowest BCUT2D eigenvalue weighted by atomic mass is 10.3. The van der Waals surface area contributed by atoms with Crippen molar-refractivity contribution in [3.63, 3.8) is 0 Å². The number of phenols is 1. The van der Waals surface area contributed by atoms with E-state index in [-0.39, 0.29) is 18.0 Å². The second kappa shape index (κ2) is 4.09. The monoisotopic (exact) mass is 220 g/mol. The summed E-state index contributed by atoms with van der Waals surface area (Å²) in [7, 11) is 1.78. The lowest BCUT2D eigenvalue weighted by Crippen LogP contribution is -2.05. The lowest BCUT2D eigenvalue weighted by molar-refractivity contribution is 0.290. The first-order valence-electron chi connectivity index (χ1n) is 4.71. The number of aromatic nitrogens is 3. The molecule has 84 valence electrons. The molecule has 0 saturated heterocycles. The van der Waals surface area contributed by atoms with Crippen molar-refractivity contribution in [3.8, 4) is 11.5 Å². The smallest absolute Gasteiger partial charge is 0.164 e. The third-order valence-corrected chi connectivity index (χ3v) is 2.21. The van der Waals surface area contributed by atoms with E-state index >= 15 is 0 Å². The predicted octanol–water partition coefficient (Wildman–Crippen LogP) is 0.682. The van der Waals surface area contributed by atoms with Gasteiger partial charge in [-0.15, -0.1) is 0 Å². The molecule has 0 unspecified atom stereocenters. The summed E-state index contributed by atoms with van der Waals surface area (Å²) in [5, 5.41) is 13.3. The van der Waals surface area contributed by atoms with Crippen LogP contribution in [0.1, 0.15) is 5.82 Å². The molecule has 1 aromatic heterocycles. The van der Waals surface area contributed by atoms with Crippen LogP contribution in [0.3, 0.4) is 0 Å². The van der Waals surface area contributed by atoms with Crippen LogP contribution in [0.15, 0.2) is 24.5 Å². The molecule has 0 saturated carbocycles. The number of para-hydroxylation sites is 1. The van der Waals surface area contributed by atoms with Crippen molar-refractivity contribution < 1.29 is 9.84 Å². The van der Waals surface area contributed by atoms with Crippen molar-refractivity contribution >= 4 is 5.69 Å². The number of nitrogens with two attached hydrogens (primary N) is 1. The van der Waals surface area contributed by atoms with Gasteiger partial charge in [0, 0.05) is 7.05 Å². The van der Waals surface area contributed by atoms with E-state index in [0.29, 0.717) is 11.6 Å². The largest absolute Gasteiger partial charge is 0.506 e. The first kappa shape index (κ1) is 10.3. The number of aryl methyl sites for hydroxylation is 1. The fourth-order valence-electron chi connectivity index (χ4n) is 1.25. The summed E-state index contributed by atoms with van der Waals surface area (Å²) in [5.41, 5.74) is 5.87. The molecule has 0 aliphatic heterocycles. The van der Waals surface area contributed by atoms with Crippen LogP contribution in [-0.4, -0.2) is 19.9 Å². The number of anilines is 1. The van der Waals surface area contributed by atoms with Gasteiger partial charge in [0.15, 0.2) is 5.82 Å². The highest BCUT2D eigenvalue weighted by Crippen LogP contribution is 2.30. The van der Waals surface area contributed by atoms with Gasteiger partial charge in [0.2, 0.25) is 0 Å². The molecule has 0 atom stereocenters. The van der Waals surface area contributed by atoms with Crippen LogP contribution in [0.25, 0.3) is 0 Å². The summed E-state index contributed by atoms with van der Waals surface area (Å²) >= 11 is 0. The minimum atomic E-state index is 0.00969. The molecule has 3 N–H and O–H groups in total. The second-order valence-corrected chi connectivity index (χ2v) is 3.28. The SMILES string of the molecule is Cn1ncnc1COc1cccc(O)c1N. The van der Waals surface area contributed by atoms with Crippen LogP contribution < -0.4 is 10.5 Å². The fourth-order valence-corrected chi connectivity index (χ4v) is 1.25. The minimum absolute atomic E-state index is 0.00969. The van der Waals surface area contributed by atoms with Crippen molar-refractivity contribution in [2.24, 2.45) is 7.05 Å². The minimum Gasteiger partial charge on any atom is -0.506 e. The second-order valence-electron chi connectivity index (χ2n) is 3.28. The number of phenolic OH excluding ortho intramolecular Hbond substituents is 1. The molecule has 0 radical (unpaired) electrons. The van der Waals surface area contributed by atoms with Crippen LogP contribution in [0.2, 0.25) is 0 Å². The average molecular weight is 220 g/mol. The molecule has 0 fully saturated rings. The van der Waals surface area contributed by atoms with Crippen LogP contribution in [-0.2, 0) is 13.7 Å². The summed E-state index contributed by atoms with van der Waals surface area (Å²) in [6, 6.07) is 4.85. The molecule has 0 spiro atoms. The van der Waals surface area contributed by atoms with E-state index in [4.69, 9.17) is 10.5 Å². The number of hydrogen-bond acceptors (Lipinski definition) is 5. The highest BCUT2D eigenvalue weighted by atomic mass is 16.5. The zero-order chi connectivity index (χ0) is 11.5.